The Kier molecular flexibility index (Phi) is 7.36. The Morgan fingerprint density at radius 3 is 2.43 bits per heavy atom. The van der Waals surface area contributed by atoms with Crippen molar-refractivity contribution in [1.29, 1.82) is 0 Å². The van der Waals surface area contributed by atoms with Gasteiger partial charge in [0.1, 0.15) is 0 Å². The highest BCUT2D eigenvalue weighted by Crippen LogP contribution is 2.47. The molecule has 2 aromatic carbocycles. The third-order valence-electron chi connectivity index (χ3n) is 6.49. The second-order valence-electron chi connectivity index (χ2n) is 9.11. The van der Waals surface area contributed by atoms with Crippen molar-refractivity contribution in [2.24, 2.45) is 0 Å². The second-order valence-corrected chi connectivity index (χ2v) is 9.96. The van der Waals surface area contributed by atoms with Gasteiger partial charge in [0.15, 0.2) is 17.3 Å². The predicted molar refractivity (Wildman–Crippen MR) is 138 cm³/mol. The second kappa shape index (κ2) is 10.3. The van der Waals surface area contributed by atoms with E-state index in [1.807, 2.05) is 63.2 Å². The number of carbonyl (C=O) groups is 2. The van der Waals surface area contributed by atoms with Gasteiger partial charge in [-0.3, -0.25) is 4.79 Å². The monoisotopic (exact) mass is 539 g/mol. The van der Waals surface area contributed by atoms with Crippen LogP contribution in [-0.2, 0) is 14.3 Å². The van der Waals surface area contributed by atoms with Crippen molar-refractivity contribution in [2.75, 3.05) is 14.2 Å². The maximum atomic E-state index is 13.7. The number of Topliss-reactive ketones (excluding diaryl/α,β-unsaturated/α-hetero) is 1. The molecule has 35 heavy (non-hydrogen) atoms. The molecule has 0 radical (unpaired) electrons. The molecule has 0 amide bonds. The van der Waals surface area contributed by atoms with Crippen molar-refractivity contribution in [3.05, 3.63) is 80.6 Å². The molecule has 0 aromatic heterocycles. The fourth-order valence-electron chi connectivity index (χ4n) is 4.95. The Morgan fingerprint density at radius 2 is 1.77 bits per heavy atom. The van der Waals surface area contributed by atoms with Crippen LogP contribution in [-0.4, -0.2) is 32.1 Å². The van der Waals surface area contributed by atoms with E-state index in [9.17, 15) is 9.59 Å². The summed E-state index contributed by atoms with van der Waals surface area (Å²) in [6.45, 7) is 5.51. The minimum atomic E-state index is -0.507. The molecule has 1 N–H and O–H groups in total. The van der Waals surface area contributed by atoms with Gasteiger partial charge in [-0.25, -0.2) is 4.79 Å². The number of esters is 1. The quantitative estimate of drug-likeness (QED) is 0.469. The number of halogens is 1. The molecule has 6 nitrogen and oxygen atoms in total. The Morgan fingerprint density at radius 1 is 1.06 bits per heavy atom. The summed E-state index contributed by atoms with van der Waals surface area (Å²) in [4.78, 5) is 27.0. The van der Waals surface area contributed by atoms with Crippen LogP contribution in [0.15, 0.2) is 69.5 Å². The lowest BCUT2D eigenvalue weighted by Gasteiger charge is -2.37. The normalized spacial score (nSPS) is 19.9. The van der Waals surface area contributed by atoms with Crippen LogP contribution in [0.4, 0.5) is 0 Å². The lowest BCUT2D eigenvalue weighted by molar-refractivity contribution is -0.143. The number of rotatable bonds is 6. The smallest absolute Gasteiger partial charge is 0.337 e. The van der Waals surface area contributed by atoms with Crippen LogP contribution in [0, 0.1) is 0 Å². The fourth-order valence-corrected chi connectivity index (χ4v) is 5.46. The first-order valence-electron chi connectivity index (χ1n) is 11.7. The van der Waals surface area contributed by atoms with Gasteiger partial charge < -0.3 is 19.5 Å². The fraction of sp³-hybridized carbons (Fsp3) is 0.357. The van der Waals surface area contributed by atoms with Crippen LogP contribution in [0.2, 0.25) is 0 Å². The zero-order chi connectivity index (χ0) is 25.3. The van der Waals surface area contributed by atoms with E-state index in [1.54, 1.807) is 14.2 Å². The first kappa shape index (κ1) is 25.0. The summed E-state index contributed by atoms with van der Waals surface area (Å²) in [6, 6.07) is 13.5. The maximum Gasteiger partial charge on any atom is 0.337 e. The Bertz CT molecular complexity index is 1230. The number of dihydropyridines is 1. The van der Waals surface area contributed by atoms with E-state index < -0.39 is 11.9 Å². The lowest BCUT2D eigenvalue weighted by atomic mass is 9.71. The van der Waals surface area contributed by atoms with Gasteiger partial charge in [0.2, 0.25) is 0 Å². The van der Waals surface area contributed by atoms with Gasteiger partial charge in [-0.1, -0.05) is 40.2 Å². The molecule has 2 atom stereocenters. The van der Waals surface area contributed by atoms with Gasteiger partial charge in [-0.15, -0.1) is 0 Å². The largest absolute Gasteiger partial charge is 0.493 e. The van der Waals surface area contributed by atoms with E-state index >= 15 is 0 Å². The summed E-state index contributed by atoms with van der Waals surface area (Å²) in [5, 5.41) is 3.39. The molecule has 0 saturated carbocycles. The molecule has 0 saturated heterocycles. The number of carbonyl (C=O) groups excluding carboxylic acids is 2. The summed E-state index contributed by atoms with van der Waals surface area (Å²) in [7, 11) is 3.20. The third kappa shape index (κ3) is 4.87. The maximum absolute atomic E-state index is 13.7. The summed E-state index contributed by atoms with van der Waals surface area (Å²) >= 11 is 3.64. The van der Waals surface area contributed by atoms with Crippen LogP contribution < -0.4 is 14.8 Å². The number of methoxy groups -OCH3 is 2. The molecule has 1 aliphatic heterocycles. The zero-order valence-electron chi connectivity index (χ0n) is 20.6. The number of benzene rings is 2. The predicted octanol–water partition coefficient (Wildman–Crippen LogP) is 5.78. The van der Waals surface area contributed by atoms with E-state index in [2.05, 4.69) is 21.2 Å². The number of allylic oxidation sites excluding steroid dienone is 3. The topological polar surface area (TPSA) is 73.9 Å². The number of ether oxygens (including phenoxy) is 3. The Labute approximate surface area is 214 Å². The van der Waals surface area contributed by atoms with Crippen LogP contribution in [0.25, 0.3) is 0 Å². The molecule has 0 unspecified atom stereocenters. The molecule has 0 fully saturated rings. The first-order valence-corrected chi connectivity index (χ1v) is 12.5. The van der Waals surface area contributed by atoms with Gasteiger partial charge in [0, 0.05) is 33.8 Å². The first-order chi connectivity index (χ1) is 16.7. The van der Waals surface area contributed by atoms with Crippen molar-refractivity contribution < 1.29 is 23.8 Å². The van der Waals surface area contributed by atoms with Crippen LogP contribution >= 0.6 is 15.9 Å². The highest BCUT2D eigenvalue weighted by atomic mass is 79.9. The number of hydrogen-bond acceptors (Lipinski definition) is 6. The molecule has 1 aliphatic carbocycles. The highest BCUT2D eigenvalue weighted by molar-refractivity contribution is 9.10. The summed E-state index contributed by atoms with van der Waals surface area (Å²) < 4.78 is 17.3. The molecular formula is C28H30BrNO5. The van der Waals surface area contributed by atoms with Gasteiger partial charge in [-0.05, 0) is 62.4 Å². The number of nitrogens with one attached hydrogen (secondary N) is 1. The van der Waals surface area contributed by atoms with E-state index in [0.717, 1.165) is 21.3 Å². The van der Waals surface area contributed by atoms with E-state index in [0.29, 0.717) is 41.2 Å². The molecule has 2 aromatic rings. The van der Waals surface area contributed by atoms with Crippen molar-refractivity contribution >= 4 is 27.7 Å². The van der Waals surface area contributed by atoms with Gasteiger partial charge >= 0.3 is 5.97 Å². The van der Waals surface area contributed by atoms with Crippen LogP contribution in [0.5, 0.6) is 11.5 Å². The average molecular weight is 540 g/mol. The van der Waals surface area contributed by atoms with Crippen molar-refractivity contribution in [3.63, 3.8) is 0 Å². The Balaban J connectivity index is 1.79. The summed E-state index contributed by atoms with van der Waals surface area (Å²) in [5.74, 6) is 0.357. The van der Waals surface area contributed by atoms with E-state index in [-0.39, 0.29) is 17.8 Å². The summed E-state index contributed by atoms with van der Waals surface area (Å²) in [5.41, 5.74) is 4.54. The highest BCUT2D eigenvalue weighted by Gasteiger charge is 2.42. The molecule has 7 heteroatoms. The molecule has 1 heterocycles. The molecular weight excluding hydrogens is 510 g/mol. The molecule has 0 bridgehead atoms. The minimum absolute atomic E-state index is 0.0154. The van der Waals surface area contributed by atoms with Crippen molar-refractivity contribution in [2.45, 2.75) is 51.6 Å². The van der Waals surface area contributed by atoms with Crippen molar-refractivity contribution in [3.8, 4) is 11.5 Å². The third-order valence-corrected chi connectivity index (χ3v) is 7.21. The van der Waals surface area contributed by atoms with Crippen molar-refractivity contribution in [1.82, 2.24) is 5.32 Å². The minimum Gasteiger partial charge on any atom is -0.493 e. The van der Waals surface area contributed by atoms with E-state index in [1.165, 1.54) is 0 Å². The zero-order valence-corrected chi connectivity index (χ0v) is 22.2. The van der Waals surface area contributed by atoms with Crippen LogP contribution in [0.1, 0.15) is 56.6 Å². The van der Waals surface area contributed by atoms with Crippen LogP contribution in [0.3, 0.4) is 0 Å². The van der Waals surface area contributed by atoms with Gasteiger partial charge in [0.05, 0.1) is 25.9 Å². The SMILES string of the molecule is COc1ccc([C@@H]2CC(=O)C3=C(C2)NC(C)=C(C(=O)OC(C)C)[C@H]3c2ccccc2Br)cc1OC. The Hall–Kier alpha value is -3.06. The molecule has 4 rings (SSSR count). The molecule has 0 spiro atoms. The summed E-state index contributed by atoms with van der Waals surface area (Å²) in [6.07, 6.45) is 0.707. The lowest BCUT2D eigenvalue weighted by Crippen LogP contribution is -2.36. The van der Waals surface area contributed by atoms with Gasteiger partial charge in [0.25, 0.3) is 0 Å². The molecule has 184 valence electrons. The number of hydrogen-bond donors (Lipinski definition) is 1. The van der Waals surface area contributed by atoms with Gasteiger partial charge in [-0.2, -0.15) is 0 Å². The van der Waals surface area contributed by atoms with E-state index in [4.69, 9.17) is 14.2 Å². The standard InChI is InChI=1S/C28H30BrNO5/c1-15(2)35-28(32)25-16(3)30-21-12-18(17-10-11-23(33-4)24(14-17)34-5)13-22(31)27(21)26(25)19-8-6-7-9-20(19)29/h6-11,14-15,18,26,30H,12-13H2,1-5H3/t18-,26+/m0/s1. The molecule has 2 aliphatic rings. The average Bonchev–Trinajstić information content (AvgIpc) is 2.82. The number of ketones is 1.